The van der Waals surface area contributed by atoms with Crippen LogP contribution in [0.2, 0.25) is 16.6 Å². The second-order valence-electron chi connectivity index (χ2n) is 18.0. The molecule has 59 heavy (non-hydrogen) atoms. The number of benzene rings is 2. The van der Waals surface area contributed by atoms with E-state index in [1.54, 1.807) is 24.4 Å². The summed E-state index contributed by atoms with van der Waals surface area (Å²) >= 11 is 0. The molecule has 2 bridgehead atoms. The summed E-state index contributed by atoms with van der Waals surface area (Å²) in [6, 6.07) is 6.96. The predicted octanol–water partition coefficient (Wildman–Crippen LogP) is 11.0. The van der Waals surface area contributed by atoms with Gasteiger partial charge < -0.3 is 19.1 Å². The number of aromatic nitrogens is 3. The van der Waals surface area contributed by atoms with Crippen molar-refractivity contribution in [3.05, 3.63) is 59.3 Å². The van der Waals surface area contributed by atoms with Crippen LogP contribution in [0.5, 0.6) is 11.8 Å². The maximum Gasteiger partial charge on any atom is 0.319 e. The summed E-state index contributed by atoms with van der Waals surface area (Å²) in [7, 11) is -0.787. The highest BCUT2D eigenvalue weighted by Crippen LogP contribution is 2.46. The van der Waals surface area contributed by atoms with Crippen LogP contribution in [-0.4, -0.2) is 79.1 Å². The number of hydrogen-bond donors (Lipinski definition) is 0. The average Bonchev–Trinajstić information content (AvgIpc) is 3.84. The first-order chi connectivity index (χ1) is 28.3. The molecule has 314 valence electrons. The van der Waals surface area contributed by atoms with Gasteiger partial charge in [0.25, 0.3) is 6.08 Å². The average molecular weight is 830 g/mol. The van der Waals surface area contributed by atoms with Gasteiger partial charge in [0.15, 0.2) is 12.6 Å². The van der Waals surface area contributed by atoms with E-state index in [0.717, 1.165) is 38.5 Å². The number of halogens is 4. The number of nitrogens with zero attached hydrogens (tertiary/aromatic N) is 5. The van der Waals surface area contributed by atoms with Crippen molar-refractivity contribution < 1.29 is 31.8 Å². The van der Waals surface area contributed by atoms with Gasteiger partial charge in [0.2, 0.25) is 0 Å². The van der Waals surface area contributed by atoms with E-state index in [-0.39, 0.29) is 66.8 Å². The Morgan fingerprint density at radius 2 is 1.68 bits per heavy atom. The Kier molecular flexibility index (Phi) is 11.5. The number of piperidine rings is 1. The normalized spacial score (nSPS) is 21.9. The van der Waals surface area contributed by atoms with E-state index >= 15 is 8.78 Å². The monoisotopic (exact) mass is 829 g/mol. The lowest BCUT2D eigenvalue weighted by atomic mass is 9.94. The summed E-state index contributed by atoms with van der Waals surface area (Å²) in [4.78, 5) is 18.8. The van der Waals surface area contributed by atoms with Crippen LogP contribution in [0.4, 0.5) is 23.4 Å². The minimum Gasteiger partial charge on any atom is -0.468 e. The lowest BCUT2D eigenvalue weighted by Crippen LogP contribution is -2.43. The highest BCUT2D eigenvalue weighted by molar-refractivity contribution is 6.90. The summed E-state index contributed by atoms with van der Waals surface area (Å²) < 4.78 is 79.2. The first-order valence-electron chi connectivity index (χ1n) is 21.2. The van der Waals surface area contributed by atoms with Crippen molar-refractivity contribution in [1.82, 2.24) is 19.9 Å². The predicted molar refractivity (Wildman–Crippen MR) is 227 cm³/mol. The highest BCUT2D eigenvalue weighted by atomic mass is 28.3. The largest absolute Gasteiger partial charge is 0.468 e. The zero-order valence-corrected chi connectivity index (χ0v) is 36.2. The molecule has 3 unspecified atom stereocenters. The number of rotatable bonds is 11. The fourth-order valence-electron chi connectivity index (χ4n) is 11.1. The van der Waals surface area contributed by atoms with Crippen LogP contribution >= 0.6 is 0 Å². The highest BCUT2D eigenvalue weighted by Gasteiger charge is 2.49. The standard InChI is InChI=1S/C46H55F4N5O3Si/c1-27(2)59(28(3)4,29(5)6)19-16-35-38(47)15-12-30-20-34(58-26-56-7)21-36(39(30)35)41-40(48)42-37(23-51-41)44(55-32-10-8-11-33(55)14-13-32)53-45(52-42)57-25-46-17-9-18-54(46)24-31(22-46)43(49)50/h12,15,20-21,23,27-29,32-33H,8-11,13-14,17-18,22,24-26H2,1-7H3. The molecule has 0 saturated carbocycles. The maximum atomic E-state index is 17.7. The molecule has 4 fully saturated rings. The molecule has 8 rings (SSSR count). The number of methoxy groups -OCH3 is 1. The molecule has 4 aliphatic rings. The van der Waals surface area contributed by atoms with E-state index < -0.39 is 31.3 Å². The summed E-state index contributed by atoms with van der Waals surface area (Å²) in [5.74, 6) is 3.07. The lowest BCUT2D eigenvalue weighted by Gasteiger charge is -2.38. The Morgan fingerprint density at radius 3 is 2.36 bits per heavy atom. The first kappa shape index (κ1) is 41.5. The molecular weight excluding hydrogens is 775 g/mol. The Labute approximate surface area is 345 Å². The van der Waals surface area contributed by atoms with Gasteiger partial charge in [0.05, 0.1) is 16.5 Å². The van der Waals surface area contributed by atoms with Crippen LogP contribution < -0.4 is 14.4 Å². The SMILES string of the molecule is COCOc1cc(-c2ncc3c(N4C5CCCC4CC5)nc(OCC45CCCN4CC(=C(F)F)C5)nc3c2F)c2c(C#C[Si](C(C)C)(C(C)C)C(C)C)c(F)ccc2c1. The summed E-state index contributed by atoms with van der Waals surface area (Å²) in [6.07, 6.45) is 6.89. The summed E-state index contributed by atoms with van der Waals surface area (Å²) in [5, 5.41) is 1.49. The molecule has 3 atom stereocenters. The van der Waals surface area contributed by atoms with Crippen molar-refractivity contribution in [3.8, 4) is 34.5 Å². The van der Waals surface area contributed by atoms with Crippen molar-refractivity contribution in [3.63, 3.8) is 0 Å². The minimum atomic E-state index is -2.30. The van der Waals surface area contributed by atoms with E-state index in [0.29, 0.717) is 62.9 Å². The van der Waals surface area contributed by atoms with Gasteiger partial charge in [-0.05, 0) is 98.1 Å². The lowest BCUT2D eigenvalue weighted by molar-refractivity contribution is 0.0512. The topological polar surface area (TPSA) is 72.8 Å². The Balaban J connectivity index is 1.32. The van der Waals surface area contributed by atoms with Crippen molar-refractivity contribution in [1.29, 1.82) is 0 Å². The second kappa shape index (κ2) is 16.3. The second-order valence-corrected chi connectivity index (χ2v) is 23.6. The van der Waals surface area contributed by atoms with E-state index in [2.05, 4.69) is 62.8 Å². The Hall–Kier alpha value is -4.25. The summed E-state index contributed by atoms with van der Waals surface area (Å²) in [6.45, 7) is 14.2. The molecule has 2 aromatic carbocycles. The molecular formula is C46H55F4N5O3Si. The molecule has 0 radical (unpaired) electrons. The molecule has 0 amide bonds. The third kappa shape index (κ3) is 7.27. The van der Waals surface area contributed by atoms with Crippen molar-refractivity contribution >= 4 is 35.6 Å². The van der Waals surface area contributed by atoms with Crippen LogP contribution in [0.25, 0.3) is 32.9 Å². The van der Waals surface area contributed by atoms with Gasteiger partial charge in [0, 0.05) is 48.5 Å². The number of anilines is 1. The third-order valence-corrected chi connectivity index (χ3v) is 20.2. The summed E-state index contributed by atoms with van der Waals surface area (Å²) in [5.41, 5.74) is 4.62. The van der Waals surface area contributed by atoms with E-state index in [9.17, 15) is 8.78 Å². The number of ether oxygens (including phenoxy) is 3. The molecule has 0 N–H and O–H groups in total. The molecule has 4 saturated heterocycles. The smallest absolute Gasteiger partial charge is 0.319 e. The maximum absolute atomic E-state index is 17.7. The van der Waals surface area contributed by atoms with E-state index in [1.807, 2.05) is 0 Å². The van der Waals surface area contributed by atoms with E-state index in [1.165, 1.54) is 13.2 Å². The molecule has 2 aromatic heterocycles. The van der Waals surface area contributed by atoms with Gasteiger partial charge in [-0.25, -0.2) is 8.78 Å². The van der Waals surface area contributed by atoms with Crippen LogP contribution in [0.3, 0.4) is 0 Å². The van der Waals surface area contributed by atoms with Gasteiger partial charge in [-0.3, -0.25) is 9.88 Å². The number of pyridine rings is 1. The zero-order chi connectivity index (χ0) is 41.8. The fraction of sp³-hybridized carbons (Fsp3) is 0.543. The van der Waals surface area contributed by atoms with Crippen LogP contribution in [0, 0.1) is 23.1 Å². The molecule has 4 aromatic rings. The molecule has 4 aliphatic heterocycles. The van der Waals surface area contributed by atoms with Gasteiger partial charge in [-0.1, -0.05) is 53.5 Å². The minimum absolute atomic E-state index is 0.00936. The third-order valence-electron chi connectivity index (χ3n) is 13.9. The number of hydrogen-bond acceptors (Lipinski definition) is 8. The van der Waals surface area contributed by atoms with Crippen LogP contribution in [0.1, 0.15) is 98.5 Å². The first-order valence-corrected chi connectivity index (χ1v) is 23.5. The quantitative estimate of drug-likeness (QED) is 0.0641. The molecule has 6 heterocycles. The van der Waals surface area contributed by atoms with Crippen LogP contribution in [0.15, 0.2) is 42.1 Å². The van der Waals surface area contributed by atoms with Crippen molar-refractivity contribution in [2.45, 2.75) is 127 Å². The molecule has 8 nitrogen and oxygen atoms in total. The van der Waals surface area contributed by atoms with Crippen molar-refractivity contribution in [2.24, 2.45) is 0 Å². The zero-order valence-electron chi connectivity index (χ0n) is 35.2. The van der Waals surface area contributed by atoms with E-state index in [4.69, 9.17) is 29.2 Å². The Morgan fingerprint density at radius 1 is 0.949 bits per heavy atom. The number of fused-ring (bicyclic) bond motifs is 5. The van der Waals surface area contributed by atoms with Gasteiger partial charge in [0.1, 0.15) is 43.3 Å². The molecule has 0 spiro atoms. The van der Waals surface area contributed by atoms with Crippen LogP contribution in [-0.2, 0) is 4.74 Å². The molecule has 13 heteroatoms. The van der Waals surface area contributed by atoms with Gasteiger partial charge >= 0.3 is 6.01 Å². The van der Waals surface area contributed by atoms with Gasteiger partial charge in [-0.15, -0.1) is 5.54 Å². The molecule has 0 aliphatic carbocycles. The van der Waals surface area contributed by atoms with Crippen molar-refractivity contribution in [2.75, 3.05) is 38.5 Å². The van der Waals surface area contributed by atoms with Gasteiger partial charge in [-0.2, -0.15) is 18.7 Å². The fourth-order valence-corrected chi connectivity index (χ4v) is 16.3. The Bertz CT molecular complexity index is 2320.